The SMILES string of the molecule is Cc1ccnc(Nc2nc(Cl)ncc2F)c1. The van der Waals surface area contributed by atoms with Crippen LogP contribution in [-0.4, -0.2) is 15.0 Å². The number of halogens is 2. The van der Waals surface area contributed by atoms with Gasteiger partial charge in [0.25, 0.3) is 0 Å². The van der Waals surface area contributed by atoms with Gasteiger partial charge in [-0.2, -0.15) is 4.98 Å². The molecule has 0 saturated heterocycles. The average molecular weight is 239 g/mol. The van der Waals surface area contributed by atoms with Crippen LogP contribution < -0.4 is 5.32 Å². The average Bonchev–Trinajstić information content (AvgIpc) is 2.24. The molecule has 0 spiro atoms. The van der Waals surface area contributed by atoms with E-state index in [1.54, 1.807) is 12.3 Å². The van der Waals surface area contributed by atoms with E-state index < -0.39 is 5.82 Å². The zero-order valence-electron chi connectivity index (χ0n) is 8.41. The van der Waals surface area contributed by atoms with Gasteiger partial charge in [-0.1, -0.05) is 0 Å². The zero-order valence-corrected chi connectivity index (χ0v) is 9.16. The predicted molar refractivity (Wildman–Crippen MR) is 59.3 cm³/mol. The lowest BCUT2D eigenvalue weighted by molar-refractivity contribution is 0.618. The highest BCUT2D eigenvalue weighted by atomic mass is 35.5. The molecule has 0 aromatic carbocycles. The molecule has 0 aliphatic heterocycles. The standard InChI is InChI=1S/C10H8ClFN4/c1-6-2-3-13-8(4-6)15-9-7(12)5-14-10(11)16-9/h2-5H,1H3,(H,13,14,15,16). The summed E-state index contributed by atoms with van der Waals surface area (Å²) in [6, 6.07) is 3.62. The molecular weight excluding hydrogens is 231 g/mol. The summed E-state index contributed by atoms with van der Waals surface area (Å²) in [5.41, 5.74) is 1.01. The Morgan fingerprint density at radius 3 is 2.94 bits per heavy atom. The minimum atomic E-state index is -0.576. The molecule has 0 fully saturated rings. The summed E-state index contributed by atoms with van der Waals surface area (Å²) < 4.78 is 13.3. The van der Waals surface area contributed by atoms with Gasteiger partial charge in [-0.15, -0.1) is 0 Å². The number of hydrogen-bond acceptors (Lipinski definition) is 4. The van der Waals surface area contributed by atoms with Crippen LogP contribution in [-0.2, 0) is 0 Å². The lowest BCUT2D eigenvalue weighted by Gasteiger charge is -2.05. The molecule has 0 unspecified atom stereocenters. The first-order chi connectivity index (χ1) is 7.65. The maximum Gasteiger partial charge on any atom is 0.224 e. The third kappa shape index (κ3) is 2.43. The summed E-state index contributed by atoms with van der Waals surface area (Å²) in [5.74, 6) is -0.0560. The normalized spacial score (nSPS) is 10.2. The Kier molecular flexibility index (Phi) is 2.96. The Balaban J connectivity index is 2.30. The Labute approximate surface area is 96.5 Å². The minimum Gasteiger partial charge on any atom is -0.322 e. The van der Waals surface area contributed by atoms with Gasteiger partial charge in [0, 0.05) is 6.20 Å². The quantitative estimate of drug-likeness (QED) is 0.818. The minimum absolute atomic E-state index is 0.0121. The molecule has 82 valence electrons. The van der Waals surface area contributed by atoms with Crippen LogP contribution in [0.1, 0.15) is 5.56 Å². The molecule has 4 nitrogen and oxygen atoms in total. The smallest absolute Gasteiger partial charge is 0.224 e. The molecule has 0 aliphatic carbocycles. The molecule has 0 atom stereocenters. The largest absolute Gasteiger partial charge is 0.322 e. The summed E-state index contributed by atoms with van der Waals surface area (Å²) in [6.07, 6.45) is 2.63. The van der Waals surface area contributed by atoms with Crippen molar-refractivity contribution >= 4 is 23.2 Å². The van der Waals surface area contributed by atoms with E-state index in [9.17, 15) is 4.39 Å². The molecule has 0 saturated carbocycles. The van der Waals surface area contributed by atoms with Crippen molar-refractivity contribution in [2.45, 2.75) is 6.92 Å². The summed E-state index contributed by atoms with van der Waals surface area (Å²) in [7, 11) is 0. The van der Waals surface area contributed by atoms with E-state index in [2.05, 4.69) is 20.3 Å². The fraction of sp³-hybridized carbons (Fsp3) is 0.100. The van der Waals surface area contributed by atoms with Crippen LogP contribution in [0.3, 0.4) is 0 Å². The highest BCUT2D eigenvalue weighted by Crippen LogP contribution is 2.17. The highest BCUT2D eigenvalue weighted by molar-refractivity contribution is 6.28. The van der Waals surface area contributed by atoms with Crippen LogP contribution in [0.25, 0.3) is 0 Å². The van der Waals surface area contributed by atoms with E-state index in [0.717, 1.165) is 11.8 Å². The number of nitrogens with zero attached hydrogens (tertiary/aromatic N) is 3. The topological polar surface area (TPSA) is 50.7 Å². The number of aromatic nitrogens is 3. The van der Waals surface area contributed by atoms with Crippen molar-refractivity contribution in [3.63, 3.8) is 0 Å². The van der Waals surface area contributed by atoms with Crippen LogP contribution >= 0.6 is 11.6 Å². The molecule has 16 heavy (non-hydrogen) atoms. The van der Waals surface area contributed by atoms with Crippen molar-refractivity contribution in [2.75, 3.05) is 5.32 Å². The maximum absolute atomic E-state index is 13.3. The van der Waals surface area contributed by atoms with E-state index in [1.165, 1.54) is 0 Å². The second-order valence-electron chi connectivity index (χ2n) is 3.18. The van der Waals surface area contributed by atoms with E-state index in [4.69, 9.17) is 11.6 Å². The monoisotopic (exact) mass is 238 g/mol. The predicted octanol–water partition coefficient (Wildman–Crippen LogP) is 2.72. The molecule has 2 heterocycles. The van der Waals surface area contributed by atoms with E-state index in [-0.39, 0.29) is 11.1 Å². The number of aryl methyl sites for hydroxylation is 1. The number of anilines is 2. The molecule has 0 bridgehead atoms. The van der Waals surface area contributed by atoms with Crippen LogP contribution in [0.2, 0.25) is 5.28 Å². The van der Waals surface area contributed by atoms with Crippen molar-refractivity contribution in [3.05, 3.63) is 41.2 Å². The molecule has 6 heteroatoms. The fourth-order valence-electron chi connectivity index (χ4n) is 1.16. The number of rotatable bonds is 2. The Bertz CT molecular complexity index is 518. The fourth-order valence-corrected chi connectivity index (χ4v) is 1.29. The van der Waals surface area contributed by atoms with Crippen LogP contribution in [0, 0.1) is 12.7 Å². The van der Waals surface area contributed by atoms with Crippen molar-refractivity contribution in [1.29, 1.82) is 0 Å². The number of hydrogen-bond donors (Lipinski definition) is 1. The number of pyridine rings is 1. The van der Waals surface area contributed by atoms with Crippen molar-refractivity contribution in [3.8, 4) is 0 Å². The summed E-state index contributed by atoms with van der Waals surface area (Å²) in [5, 5.41) is 2.72. The Hall–Kier alpha value is -1.75. The van der Waals surface area contributed by atoms with Gasteiger partial charge in [-0.05, 0) is 36.2 Å². The molecule has 2 rings (SSSR count). The van der Waals surface area contributed by atoms with E-state index in [1.807, 2.05) is 13.0 Å². The summed E-state index contributed by atoms with van der Waals surface area (Å²) in [6.45, 7) is 1.91. The molecule has 2 aromatic rings. The third-order valence-corrected chi connectivity index (χ3v) is 2.06. The molecule has 0 aliphatic rings. The third-order valence-electron chi connectivity index (χ3n) is 1.88. The van der Waals surface area contributed by atoms with Gasteiger partial charge < -0.3 is 5.32 Å². The van der Waals surface area contributed by atoms with E-state index in [0.29, 0.717) is 5.82 Å². The molecule has 2 aromatic heterocycles. The van der Waals surface area contributed by atoms with Gasteiger partial charge >= 0.3 is 0 Å². The van der Waals surface area contributed by atoms with Crippen molar-refractivity contribution < 1.29 is 4.39 Å². The maximum atomic E-state index is 13.3. The van der Waals surface area contributed by atoms with Crippen LogP contribution in [0.5, 0.6) is 0 Å². The molecule has 0 amide bonds. The lowest BCUT2D eigenvalue weighted by Crippen LogP contribution is -2.00. The zero-order chi connectivity index (χ0) is 11.5. The Morgan fingerprint density at radius 2 is 2.19 bits per heavy atom. The first kappa shape index (κ1) is 10.8. The van der Waals surface area contributed by atoms with Crippen molar-refractivity contribution in [1.82, 2.24) is 15.0 Å². The van der Waals surface area contributed by atoms with Gasteiger partial charge in [-0.3, -0.25) is 0 Å². The van der Waals surface area contributed by atoms with E-state index >= 15 is 0 Å². The van der Waals surface area contributed by atoms with Gasteiger partial charge in [0.2, 0.25) is 5.28 Å². The summed E-state index contributed by atoms with van der Waals surface area (Å²) >= 11 is 5.57. The second kappa shape index (κ2) is 4.40. The van der Waals surface area contributed by atoms with Gasteiger partial charge in [0.05, 0.1) is 6.20 Å². The van der Waals surface area contributed by atoms with Crippen LogP contribution in [0.4, 0.5) is 16.0 Å². The highest BCUT2D eigenvalue weighted by Gasteiger charge is 2.06. The van der Waals surface area contributed by atoms with Crippen molar-refractivity contribution in [2.24, 2.45) is 0 Å². The number of nitrogens with one attached hydrogen (secondary N) is 1. The molecular formula is C10H8ClFN4. The second-order valence-corrected chi connectivity index (χ2v) is 3.52. The van der Waals surface area contributed by atoms with Gasteiger partial charge in [-0.25, -0.2) is 14.4 Å². The molecule has 1 N–H and O–H groups in total. The first-order valence-corrected chi connectivity index (χ1v) is 4.90. The van der Waals surface area contributed by atoms with Gasteiger partial charge in [0.1, 0.15) is 5.82 Å². The molecule has 0 radical (unpaired) electrons. The van der Waals surface area contributed by atoms with Gasteiger partial charge in [0.15, 0.2) is 11.6 Å². The van der Waals surface area contributed by atoms with Crippen LogP contribution in [0.15, 0.2) is 24.5 Å². The Morgan fingerprint density at radius 1 is 1.38 bits per heavy atom. The first-order valence-electron chi connectivity index (χ1n) is 4.53. The summed E-state index contributed by atoms with van der Waals surface area (Å²) in [4.78, 5) is 11.3. The lowest BCUT2D eigenvalue weighted by atomic mass is 10.3.